The van der Waals surface area contributed by atoms with Gasteiger partial charge in [0.2, 0.25) is 0 Å². The van der Waals surface area contributed by atoms with Crippen LogP contribution in [0.15, 0.2) is 0 Å². The average molecular weight is 168 g/mol. The molecule has 0 aromatic carbocycles. The zero-order valence-corrected chi connectivity index (χ0v) is 7.86. The molecular weight excluding hydrogens is 152 g/mol. The Morgan fingerprint density at radius 1 is 1.58 bits per heavy atom. The molecule has 0 aliphatic carbocycles. The molecule has 0 bridgehead atoms. The zero-order chi connectivity index (χ0) is 9.30. The maximum atomic E-state index is 9.73. The summed E-state index contributed by atoms with van der Waals surface area (Å²) in [5.74, 6) is 0.200. The van der Waals surface area contributed by atoms with Crippen LogP contribution in [0, 0.1) is 23.2 Å². The quantitative estimate of drug-likeness (QED) is 0.618. The van der Waals surface area contributed by atoms with Gasteiger partial charge in [0.05, 0.1) is 18.1 Å². The van der Waals surface area contributed by atoms with E-state index in [1.165, 1.54) is 0 Å². The van der Waals surface area contributed by atoms with E-state index in [1.54, 1.807) is 0 Å². The fraction of sp³-hybridized carbons (Fsp3) is 0.889. The SMILES string of the molecule is CC(C)C1C(O)C(C#N)CN1C. The maximum Gasteiger partial charge on any atom is 0.0868 e. The first kappa shape index (κ1) is 9.50. The molecule has 1 fully saturated rings. The second kappa shape index (κ2) is 3.42. The van der Waals surface area contributed by atoms with Crippen LogP contribution in [0.2, 0.25) is 0 Å². The molecule has 0 radical (unpaired) electrons. The van der Waals surface area contributed by atoms with Gasteiger partial charge in [-0.3, -0.25) is 4.90 Å². The van der Waals surface area contributed by atoms with Gasteiger partial charge in [0, 0.05) is 12.6 Å². The molecule has 1 N–H and O–H groups in total. The van der Waals surface area contributed by atoms with Crippen molar-refractivity contribution < 1.29 is 5.11 Å². The van der Waals surface area contributed by atoms with E-state index < -0.39 is 6.10 Å². The van der Waals surface area contributed by atoms with Gasteiger partial charge in [0.25, 0.3) is 0 Å². The van der Waals surface area contributed by atoms with Crippen LogP contribution in [0.4, 0.5) is 0 Å². The Morgan fingerprint density at radius 3 is 2.42 bits per heavy atom. The van der Waals surface area contributed by atoms with Gasteiger partial charge in [0.15, 0.2) is 0 Å². The molecule has 68 valence electrons. The first-order valence-corrected chi connectivity index (χ1v) is 4.36. The molecule has 0 aromatic rings. The van der Waals surface area contributed by atoms with Crippen LogP contribution >= 0.6 is 0 Å². The lowest BCUT2D eigenvalue weighted by molar-refractivity contribution is 0.0882. The Morgan fingerprint density at radius 2 is 2.17 bits per heavy atom. The van der Waals surface area contributed by atoms with E-state index in [9.17, 15) is 5.11 Å². The summed E-state index contributed by atoms with van der Waals surface area (Å²) >= 11 is 0. The van der Waals surface area contributed by atoms with Gasteiger partial charge in [-0.1, -0.05) is 13.8 Å². The highest BCUT2D eigenvalue weighted by atomic mass is 16.3. The van der Waals surface area contributed by atoms with Gasteiger partial charge in [0.1, 0.15) is 0 Å². The highest BCUT2D eigenvalue weighted by molar-refractivity contribution is 5.02. The summed E-state index contributed by atoms with van der Waals surface area (Å²) in [5, 5.41) is 18.4. The molecule has 12 heavy (non-hydrogen) atoms. The minimum atomic E-state index is -0.472. The van der Waals surface area contributed by atoms with Gasteiger partial charge in [-0.25, -0.2) is 0 Å². The van der Waals surface area contributed by atoms with E-state index in [0.29, 0.717) is 12.5 Å². The molecule has 3 unspecified atom stereocenters. The zero-order valence-electron chi connectivity index (χ0n) is 7.86. The smallest absolute Gasteiger partial charge is 0.0868 e. The molecule has 3 atom stereocenters. The molecule has 0 saturated carbocycles. The number of aliphatic hydroxyl groups is 1. The highest BCUT2D eigenvalue weighted by Crippen LogP contribution is 2.26. The molecule has 3 nitrogen and oxygen atoms in total. The summed E-state index contributed by atoms with van der Waals surface area (Å²) in [4.78, 5) is 2.07. The number of hydrogen-bond acceptors (Lipinski definition) is 3. The van der Waals surface area contributed by atoms with Crippen LogP contribution in [-0.4, -0.2) is 35.7 Å². The summed E-state index contributed by atoms with van der Waals surface area (Å²) in [7, 11) is 1.96. The molecule has 3 heteroatoms. The predicted molar refractivity (Wildman–Crippen MR) is 46.4 cm³/mol. The molecule has 1 aliphatic heterocycles. The van der Waals surface area contributed by atoms with Crippen molar-refractivity contribution in [3.05, 3.63) is 0 Å². The van der Waals surface area contributed by atoms with Crippen molar-refractivity contribution in [2.75, 3.05) is 13.6 Å². The Labute approximate surface area is 73.6 Å². The molecule has 0 amide bonds. The van der Waals surface area contributed by atoms with E-state index in [2.05, 4.69) is 24.8 Å². The molecule has 1 saturated heterocycles. The normalized spacial score (nSPS) is 37.2. The number of likely N-dealkylation sites (tertiary alicyclic amines) is 1. The topological polar surface area (TPSA) is 47.3 Å². The van der Waals surface area contributed by atoms with E-state index in [-0.39, 0.29) is 12.0 Å². The van der Waals surface area contributed by atoms with Crippen molar-refractivity contribution in [3.8, 4) is 6.07 Å². The minimum absolute atomic E-state index is 0.148. The molecule has 0 spiro atoms. The van der Waals surface area contributed by atoms with Crippen molar-refractivity contribution in [2.24, 2.45) is 11.8 Å². The van der Waals surface area contributed by atoms with Gasteiger partial charge < -0.3 is 5.11 Å². The van der Waals surface area contributed by atoms with Crippen LogP contribution < -0.4 is 0 Å². The predicted octanol–water partition coefficient (Wildman–Crippen LogP) is 0.457. The maximum absolute atomic E-state index is 9.73. The second-order valence-corrected chi connectivity index (χ2v) is 3.90. The third-order valence-corrected chi connectivity index (χ3v) is 2.60. The average Bonchev–Trinajstić information content (AvgIpc) is 2.25. The second-order valence-electron chi connectivity index (χ2n) is 3.90. The van der Waals surface area contributed by atoms with Crippen LogP contribution in [0.1, 0.15) is 13.8 Å². The van der Waals surface area contributed by atoms with Gasteiger partial charge >= 0.3 is 0 Å². The molecule has 1 aliphatic rings. The first-order chi connectivity index (χ1) is 5.57. The Balaban J connectivity index is 2.72. The fourth-order valence-electron chi connectivity index (χ4n) is 2.06. The lowest BCUT2D eigenvalue weighted by Crippen LogP contribution is -2.37. The van der Waals surface area contributed by atoms with Crippen LogP contribution in [0.25, 0.3) is 0 Å². The standard InChI is InChI=1S/C9H16N2O/c1-6(2)8-9(12)7(4-10)5-11(8)3/h6-9,12H,5H2,1-3H3. The number of nitriles is 1. The van der Waals surface area contributed by atoms with Crippen molar-refractivity contribution in [2.45, 2.75) is 26.0 Å². The summed E-state index contributed by atoms with van der Waals surface area (Å²) in [5.41, 5.74) is 0. The number of likely N-dealkylation sites (N-methyl/N-ethyl adjacent to an activating group) is 1. The van der Waals surface area contributed by atoms with Gasteiger partial charge in [-0.2, -0.15) is 5.26 Å². The highest BCUT2D eigenvalue weighted by Gasteiger charge is 2.40. The molecule has 0 aromatic heterocycles. The minimum Gasteiger partial charge on any atom is -0.390 e. The van der Waals surface area contributed by atoms with Gasteiger partial charge in [-0.15, -0.1) is 0 Å². The molecule has 1 heterocycles. The van der Waals surface area contributed by atoms with Crippen LogP contribution in [0.5, 0.6) is 0 Å². The summed E-state index contributed by atoms with van der Waals surface area (Å²) < 4.78 is 0. The van der Waals surface area contributed by atoms with Crippen LogP contribution in [-0.2, 0) is 0 Å². The first-order valence-electron chi connectivity index (χ1n) is 4.36. The molecular formula is C9H16N2O. The fourth-order valence-corrected chi connectivity index (χ4v) is 2.06. The van der Waals surface area contributed by atoms with Crippen LogP contribution in [0.3, 0.4) is 0 Å². The number of aliphatic hydroxyl groups excluding tert-OH is 1. The van der Waals surface area contributed by atoms with Crippen molar-refractivity contribution in [1.29, 1.82) is 5.26 Å². The van der Waals surface area contributed by atoms with E-state index in [1.807, 2.05) is 7.05 Å². The number of rotatable bonds is 1. The third kappa shape index (κ3) is 1.45. The van der Waals surface area contributed by atoms with Crippen molar-refractivity contribution in [1.82, 2.24) is 4.90 Å². The lowest BCUT2D eigenvalue weighted by Gasteiger charge is -2.25. The number of nitrogens with zero attached hydrogens (tertiary/aromatic N) is 2. The number of hydrogen-bond donors (Lipinski definition) is 1. The Bertz CT molecular complexity index is 197. The van der Waals surface area contributed by atoms with E-state index in [4.69, 9.17) is 5.26 Å². The van der Waals surface area contributed by atoms with Crippen molar-refractivity contribution in [3.63, 3.8) is 0 Å². The van der Waals surface area contributed by atoms with E-state index in [0.717, 1.165) is 0 Å². The van der Waals surface area contributed by atoms with Gasteiger partial charge in [-0.05, 0) is 13.0 Å². The lowest BCUT2D eigenvalue weighted by atomic mass is 9.95. The Kier molecular flexibility index (Phi) is 2.71. The third-order valence-electron chi connectivity index (χ3n) is 2.60. The monoisotopic (exact) mass is 168 g/mol. The van der Waals surface area contributed by atoms with E-state index >= 15 is 0 Å². The summed E-state index contributed by atoms with van der Waals surface area (Å²) in [6.45, 7) is 4.84. The van der Waals surface area contributed by atoms with Crippen molar-refractivity contribution >= 4 is 0 Å². The molecule has 1 rings (SSSR count). The Hall–Kier alpha value is -0.590. The summed E-state index contributed by atoms with van der Waals surface area (Å²) in [6, 6.07) is 2.29. The summed E-state index contributed by atoms with van der Waals surface area (Å²) in [6.07, 6.45) is -0.472. The largest absolute Gasteiger partial charge is 0.390 e.